The van der Waals surface area contributed by atoms with Gasteiger partial charge in [0.1, 0.15) is 5.82 Å². The van der Waals surface area contributed by atoms with Gasteiger partial charge in [0.25, 0.3) is 0 Å². The SMILES string of the molecule is Cn1cc(O)c(=O)c2ccc(F)cc21. The van der Waals surface area contributed by atoms with Gasteiger partial charge in [0, 0.05) is 12.4 Å². The number of nitrogens with zero attached hydrogens (tertiary/aromatic N) is 1. The molecule has 2 rings (SSSR count). The molecule has 0 spiro atoms. The summed E-state index contributed by atoms with van der Waals surface area (Å²) in [7, 11) is 1.64. The lowest BCUT2D eigenvalue weighted by Gasteiger charge is -2.05. The first-order chi connectivity index (χ1) is 6.59. The van der Waals surface area contributed by atoms with Crippen LogP contribution in [0.15, 0.2) is 29.2 Å². The number of hydrogen-bond acceptors (Lipinski definition) is 2. The zero-order valence-corrected chi connectivity index (χ0v) is 7.49. The van der Waals surface area contributed by atoms with Crippen molar-refractivity contribution in [1.29, 1.82) is 0 Å². The molecular weight excluding hydrogens is 185 g/mol. The Labute approximate surface area is 79.0 Å². The summed E-state index contributed by atoms with van der Waals surface area (Å²) in [5.74, 6) is -0.732. The van der Waals surface area contributed by atoms with E-state index in [9.17, 15) is 14.3 Å². The van der Waals surface area contributed by atoms with Gasteiger partial charge >= 0.3 is 0 Å². The summed E-state index contributed by atoms with van der Waals surface area (Å²) < 4.78 is 14.4. The van der Waals surface area contributed by atoms with Crippen LogP contribution in [0.1, 0.15) is 0 Å². The van der Waals surface area contributed by atoms with Gasteiger partial charge in [0.05, 0.1) is 11.7 Å². The summed E-state index contributed by atoms with van der Waals surface area (Å²) in [5, 5.41) is 9.55. The van der Waals surface area contributed by atoms with Gasteiger partial charge in [-0.3, -0.25) is 4.79 Å². The Morgan fingerprint density at radius 3 is 2.86 bits per heavy atom. The summed E-state index contributed by atoms with van der Waals surface area (Å²) in [4.78, 5) is 11.4. The smallest absolute Gasteiger partial charge is 0.230 e. The molecule has 1 N–H and O–H groups in total. The highest BCUT2D eigenvalue weighted by molar-refractivity contribution is 5.80. The van der Waals surface area contributed by atoms with Gasteiger partial charge in [-0.05, 0) is 18.2 Å². The minimum absolute atomic E-state index is 0.314. The van der Waals surface area contributed by atoms with Crippen molar-refractivity contribution in [2.75, 3.05) is 0 Å². The average Bonchev–Trinajstić information content (AvgIpc) is 2.14. The minimum Gasteiger partial charge on any atom is -0.503 e. The van der Waals surface area contributed by atoms with E-state index in [-0.39, 0.29) is 5.75 Å². The molecule has 3 nitrogen and oxygen atoms in total. The fourth-order valence-corrected chi connectivity index (χ4v) is 1.44. The predicted octanol–water partition coefficient (Wildman–Crippen LogP) is 1.38. The van der Waals surface area contributed by atoms with Gasteiger partial charge in [-0.15, -0.1) is 0 Å². The lowest BCUT2D eigenvalue weighted by Crippen LogP contribution is -2.06. The molecule has 2 aromatic rings. The molecule has 0 unspecified atom stereocenters. The quantitative estimate of drug-likeness (QED) is 0.686. The fraction of sp³-hybridized carbons (Fsp3) is 0.100. The zero-order valence-electron chi connectivity index (χ0n) is 7.49. The molecule has 14 heavy (non-hydrogen) atoms. The summed E-state index contributed by atoms with van der Waals surface area (Å²) >= 11 is 0. The average molecular weight is 193 g/mol. The van der Waals surface area contributed by atoms with Gasteiger partial charge in [0.2, 0.25) is 5.43 Å². The van der Waals surface area contributed by atoms with Crippen molar-refractivity contribution in [2.24, 2.45) is 7.05 Å². The Morgan fingerprint density at radius 1 is 1.43 bits per heavy atom. The molecule has 0 fully saturated rings. The fourth-order valence-electron chi connectivity index (χ4n) is 1.44. The van der Waals surface area contributed by atoms with Gasteiger partial charge < -0.3 is 9.67 Å². The maximum atomic E-state index is 12.9. The van der Waals surface area contributed by atoms with Crippen molar-refractivity contribution < 1.29 is 9.50 Å². The molecule has 72 valence electrons. The largest absolute Gasteiger partial charge is 0.503 e. The minimum atomic E-state index is -0.474. The third kappa shape index (κ3) is 1.16. The Morgan fingerprint density at radius 2 is 2.14 bits per heavy atom. The number of pyridine rings is 1. The topological polar surface area (TPSA) is 42.2 Å². The Balaban J connectivity index is 3.02. The van der Waals surface area contributed by atoms with E-state index in [0.29, 0.717) is 10.9 Å². The second kappa shape index (κ2) is 2.83. The number of rotatable bonds is 0. The number of aromatic hydroxyl groups is 1. The standard InChI is InChI=1S/C10H8FNO2/c1-12-5-9(13)10(14)7-3-2-6(11)4-8(7)12/h2-5,13H,1H3. The first-order valence-corrected chi connectivity index (χ1v) is 4.07. The third-order valence-corrected chi connectivity index (χ3v) is 2.13. The van der Waals surface area contributed by atoms with E-state index in [1.54, 1.807) is 7.05 Å². The first kappa shape index (κ1) is 8.74. The number of aromatic nitrogens is 1. The normalized spacial score (nSPS) is 10.7. The van der Waals surface area contributed by atoms with Crippen LogP contribution in [0.4, 0.5) is 4.39 Å². The number of fused-ring (bicyclic) bond motifs is 1. The highest BCUT2D eigenvalue weighted by Gasteiger charge is 2.06. The molecule has 0 radical (unpaired) electrons. The molecule has 0 saturated heterocycles. The Hall–Kier alpha value is -1.84. The maximum Gasteiger partial charge on any atom is 0.230 e. The van der Waals surface area contributed by atoms with E-state index in [4.69, 9.17) is 0 Å². The molecule has 0 amide bonds. The van der Waals surface area contributed by atoms with E-state index >= 15 is 0 Å². The second-order valence-electron chi connectivity index (χ2n) is 3.12. The molecule has 1 aromatic carbocycles. The van der Waals surface area contributed by atoms with Crippen LogP contribution in [0.5, 0.6) is 5.75 Å². The van der Waals surface area contributed by atoms with Crippen LogP contribution in [0.3, 0.4) is 0 Å². The third-order valence-electron chi connectivity index (χ3n) is 2.13. The predicted molar refractivity (Wildman–Crippen MR) is 50.8 cm³/mol. The van der Waals surface area contributed by atoms with Crippen LogP contribution in [0.25, 0.3) is 10.9 Å². The first-order valence-electron chi connectivity index (χ1n) is 4.07. The van der Waals surface area contributed by atoms with E-state index in [1.165, 1.54) is 29.0 Å². The maximum absolute atomic E-state index is 12.9. The summed E-state index contributed by atoms with van der Waals surface area (Å²) in [5.41, 5.74) is -0.00843. The van der Waals surface area contributed by atoms with Crippen LogP contribution in [0.2, 0.25) is 0 Å². The molecule has 0 aliphatic heterocycles. The molecule has 1 aromatic heterocycles. The molecule has 0 atom stereocenters. The van der Waals surface area contributed by atoms with Crippen molar-refractivity contribution in [3.05, 3.63) is 40.4 Å². The molecular formula is C10H8FNO2. The van der Waals surface area contributed by atoms with Crippen molar-refractivity contribution in [1.82, 2.24) is 4.57 Å². The van der Waals surface area contributed by atoms with Crippen molar-refractivity contribution in [3.8, 4) is 5.75 Å². The molecule has 0 bridgehead atoms. The Bertz CT molecular complexity index is 560. The molecule has 0 saturated carbocycles. The van der Waals surface area contributed by atoms with Crippen molar-refractivity contribution in [2.45, 2.75) is 0 Å². The van der Waals surface area contributed by atoms with E-state index in [1.807, 2.05) is 0 Å². The van der Waals surface area contributed by atoms with Gasteiger partial charge in [0.15, 0.2) is 5.75 Å². The van der Waals surface area contributed by atoms with Gasteiger partial charge in [-0.25, -0.2) is 4.39 Å². The highest BCUT2D eigenvalue weighted by Crippen LogP contribution is 2.14. The van der Waals surface area contributed by atoms with Crippen LogP contribution in [-0.2, 0) is 7.05 Å². The lowest BCUT2D eigenvalue weighted by atomic mass is 10.2. The second-order valence-corrected chi connectivity index (χ2v) is 3.12. The summed E-state index contributed by atoms with van der Waals surface area (Å²) in [6, 6.07) is 3.83. The van der Waals surface area contributed by atoms with Crippen LogP contribution in [-0.4, -0.2) is 9.67 Å². The van der Waals surface area contributed by atoms with Crippen molar-refractivity contribution >= 4 is 10.9 Å². The van der Waals surface area contributed by atoms with E-state index < -0.39 is 11.2 Å². The molecule has 0 aliphatic carbocycles. The molecule has 0 aliphatic rings. The lowest BCUT2D eigenvalue weighted by molar-refractivity contribution is 0.466. The Kier molecular flexibility index (Phi) is 1.77. The highest BCUT2D eigenvalue weighted by atomic mass is 19.1. The summed E-state index contributed by atoms with van der Waals surface area (Å²) in [6.45, 7) is 0. The van der Waals surface area contributed by atoms with Crippen LogP contribution < -0.4 is 5.43 Å². The van der Waals surface area contributed by atoms with Gasteiger partial charge in [-0.2, -0.15) is 0 Å². The van der Waals surface area contributed by atoms with Gasteiger partial charge in [-0.1, -0.05) is 0 Å². The number of hydrogen-bond donors (Lipinski definition) is 1. The van der Waals surface area contributed by atoms with Crippen molar-refractivity contribution in [3.63, 3.8) is 0 Å². The van der Waals surface area contributed by atoms with E-state index in [0.717, 1.165) is 0 Å². The monoisotopic (exact) mass is 193 g/mol. The van der Waals surface area contributed by atoms with Crippen LogP contribution >= 0.6 is 0 Å². The number of aryl methyl sites for hydroxylation is 1. The van der Waals surface area contributed by atoms with Crippen LogP contribution in [0, 0.1) is 5.82 Å². The molecule has 4 heteroatoms. The van der Waals surface area contributed by atoms with E-state index in [2.05, 4.69) is 0 Å². The number of benzene rings is 1. The number of halogens is 1. The molecule has 1 heterocycles. The zero-order chi connectivity index (χ0) is 10.3. The summed E-state index contributed by atoms with van der Waals surface area (Å²) in [6.07, 6.45) is 1.27.